The predicted octanol–water partition coefficient (Wildman–Crippen LogP) is 1.50. The van der Waals surface area contributed by atoms with Gasteiger partial charge in [0.25, 0.3) is 0 Å². The molecule has 0 aromatic rings. The van der Waals surface area contributed by atoms with Crippen LogP contribution >= 0.6 is 0 Å². The summed E-state index contributed by atoms with van der Waals surface area (Å²) in [5, 5.41) is 8.14. The van der Waals surface area contributed by atoms with Crippen LogP contribution in [-0.2, 0) is 4.79 Å². The van der Waals surface area contributed by atoms with Crippen molar-refractivity contribution in [1.82, 2.24) is 0 Å². The molecule has 0 radical (unpaired) electrons. The van der Waals surface area contributed by atoms with Crippen molar-refractivity contribution in [2.24, 2.45) is 0 Å². The van der Waals surface area contributed by atoms with Gasteiger partial charge in [0.2, 0.25) is 0 Å². The van der Waals surface area contributed by atoms with E-state index in [4.69, 9.17) is 5.11 Å². The Hall–Kier alpha value is 0.730. The molecule has 0 bridgehead atoms. The molecule has 0 fully saturated rings. The molecule has 0 saturated heterocycles. The third-order valence-electron chi connectivity index (χ3n) is 0.994. The Labute approximate surface area is 88.6 Å². The second-order valence-corrected chi connectivity index (χ2v) is 1.85. The van der Waals surface area contributed by atoms with E-state index in [2.05, 4.69) is 6.92 Å². The summed E-state index contributed by atoms with van der Waals surface area (Å²) >= 11 is 0. The molecule has 0 aromatic carbocycles. The number of unbranched alkanes of at least 4 members (excludes halogenated alkanes) is 2. The van der Waals surface area contributed by atoms with E-state index < -0.39 is 5.97 Å². The molecule has 0 atom stereocenters. The molecular weight excluding hydrogens is 144 g/mol. The summed E-state index contributed by atoms with van der Waals surface area (Å²) < 4.78 is 0. The van der Waals surface area contributed by atoms with E-state index in [-0.39, 0.29) is 40.6 Å². The van der Waals surface area contributed by atoms with Crippen molar-refractivity contribution in [3.8, 4) is 0 Å². The molecule has 52 valence electrons. The molecule has 9 heavy (non-hydrogen) atoms. The van der Waals surface area contributed by atoms with Crippen molar-refractivity contribution >= 4 is 43.7 Å². The van der Waals surface area contributed by atoms with Crippen molar-refractivity contribution in [3.63, 3.8) is 0 Å². The molecule has 0 unspecified atom stereocenters. The molecule has 0 spiro atoms. The minimum atomic E-state index is -0.682. The van der Waals surface area contributed by atoms with Gasteiger partial charge in [-0.05, 0) is 6.42 Å². The van der Waals surface area contributed by atoms with Gasteiger partial charge >= 0.3 is 43.7 Å². The smallest absolute Gasteiger partial charge is 1.00 e. The topological polar surface area (TPSA) is 37.3 Å². The number of carbonyl (C=O) groups is 1. The molecule has 0 aliphatic heterocycles. The van der Waals surface area contributed by atoms with Gasteiger partial charge in [-0.3, -0.25) is 4.79 Å². The molecule has 3 heteroatoms. The van der Waals surface area contributed by atoms with E-state index in [1.807, 2.05) is 0 Å². The quantitative estimate of drug-likeness (QED) is 0.497. The number of carboxylic acids is 1. The third-order valence-corrected chi connectivity index (χ3v) is 0.994. The van der Waals surface area contributed by atoms with Gasteiger partial charge in [-0.1, -0.05) is 19.8 Å². The number of hydrogen-bond donors (Lipinski definition) is 1. The molecular formula is C6H14CaO2. The van der Waals surface area contributed by atoms with Gasteiger partial charge in [0.05, 0.1) is 0 Å². The van der Waals surface area contributed by atoms with Crippen LogP contribution in [0.4, 0.5) is 0 Å². The minimum absolute atomic E-state index is 0. The second kappa shape index (κ2) is 8.73. The monoisotopic (exact) mass is 158 g/mol. The molecule has 0 aliphatic carbocycles. The van der Waals surface area contributed by atoms with Gasteiger partial charge in [0.1, 0.15) is 0 Å². The van der Waals surface area contributed by atoms with E-state index in [1.165, 1.54) is 0 Å². The number of carboxylic acid groups (broad SMARTS) is 1. The van der Waals surface area contributed by atoms with Crippen molar-refractivity contribution in [1.29, 1.82) is 0 Å². The summed E-state index contributed by atoms with van der Waals surface area (Å²) in [5.41, 5.74) is 0. The average Bonchev–Trinajstić information content (AvgIpc) is 1.66. The molecule has 0 amide bonds. The Morgan fingerprint density at radius 1 is 1.56 bits per heavy atom. The normalized spacial score (nSPS) is 8.11. The maximum Gasteiger partial charge on any atom is 2.00 e. The van der Waals surface area contributed by atoms with E-state index in [0.717, 1.165) is 19.3 Å². The van der Waals surface area contributed by atoms with Crippen LogP contribution in [0.15, 0.2) is 0 Å². The summed E-state index contributed by atoms with van der Waals surface area (Å²) in [6.07, 6.45) is 3.28. The summed E-state index contributed by atoms with van der Waals surface area (Å²) in [7, 11) is 0. The van der Waals surface area contributed by atoms with Crippen LogP contribution in [0.1, 0.15) is 35.5 Å². The van der Waals surface area contributed by atoms with E-state index in [1.54, 1.807) is 0 Å². The molecule has 0 aliphatic rings. The maximum absolute atomic E-state index is 9.87. The number of hydrogen-bond acceptors (Lipinski definition) is 1. The summed E-state index contributed by atoms with van der Waals surface area (Å²) in [4.78, 5) is 9.87. The Balaban J connectivity index is -0.0000000817. The van der Waals surface area contributed by atoms with Crippen molar-refractivity contribution < 1.29 is 12.8 Å². The first kappa shape index (κ1) is 12.4. The summed E-state index contributed by atoms with van der Waals surface area (Å²) in [5.74, 6) is -0.682. The molecule has 0 aromatic heterocycles. The predicted molar refractivity (Wildman–Crippen MR) is 39.8 cm³/mol. The van der Waals surface area contributed by atoms with Crippen LogP contribution in [0.3, 0.4) is 0 Å². The Morgan fingerprint density at radius 3 is 2.44 bits per heavy atom. The van der Waals surface area contributed by atoms with E-state index in [9.17, 15) is 4.79 Å². The van der Waals surface area contributed by atoms with Crippen LogP contribution in [0, 0.1) is 0 Å². The minimum Gasteiger partial charge on any atom is -1.00 e. The first-order chi connectivity index (χ1) is 3.77. The van der Waals surface area contributed by atoms with Gasteiger partial charge in [-0.25, -0.2) is 0 Å². The van der Waals surface area contributed by atoms with E-state index >= 15 is 0 Å². The zero-order chi connectivity index (χ0) is 6.41. The summed E-state index contributed by atoms with van der Waals surface area (Å²) in [6.45, 7) is 2.06. The molecule has 2 nitrogen and oxygen atoms in total. The Morgan fingerprint density at radius 2 is 2.11 bits per heavy atom. The largest absolute Gasteiger partial charge is 2.00 e. The zero-order valence-corrected chi connectivity index (χ0v) is 8.10. The average molecular weight is 158 g/mol. The SMILES string of the molecule is CCCCCC(=O)O.[Ca+2].[H-].[H-]. The van der Waals surface area contributed by atoms with Gasteiger partial charge in [-0.15, -0.1) is 0 Å². The first-order valence-electron chi connectivity index (χ1n) is 2.99. The number of rotatable bonds is 4. The fourth-order valence-electron chi connectivity index (χ4n) is 0.526. The van der Waals surface area contributed by atoms with Crippen LogP contribution < -0.4 is 0 Å². The first-order valence-corrected chi connectivity index (χ1v) is 2.99. The summed E-state index contributed by atoms with van der Waals surface area (Å²) in [6, 6.07) is 0. The Kier molecular flexibility index (Phi) is 12.0. The van der Waals surface area contributed by atoms with Crippen molar-refractivity contribution in [3.05, 3.63) is 0 Å². The number of aliphatic carboxylic acids is 1. The Bertz CT molecular complexity index is 81.0. The van der Waals surface area contributed by atoms with Crippen molar-refractivity contribution in [2.45, 2.75) is 32.6 Å². The third kappa shape index (κ3) is 12.0. The molecule has 0 rings (SSSR count). The van der Waals surface area contributed by atoms with Crippen LogP contribution in [0.5, 0.6) is 0 Å². The van der Waals surface area contributed by atoms with Crippen LogP contribution in [0.2, 0.25) is 0 Å². The second-order valence-electron chi connectivity index (χ2n) is 1.85. The van der Waals surface area contributed by atoms with Gasteiger partial charge in [0.15, 0.2) is 0 Å². The van der Waals surface area contributed by atoms with Crippen molar-refractivity contribution in [2.75, 3.05) is 0 Å². The standard InChI is InChI=1S/C6H12O2.Ca.2H/c1-2-3-4-5-6(7)8;;;/h2-5H2,1H3,(H,7,8);;;/q;+2;2*-1. The fraction of sp³-hybridized carbons (Fsp3) is 0.833. The molecule has 0 saturated carbocycles. The fourth-order valence-corrected chi connectivity index (χ4v) is 0.526. The van der Waals surface area contributed by atoms with Gasteiger partial charge in [-0.2, -0.15) is 0 Å². The zero-order valence-electron chi connectivity index (χ0n) is 7.89. The molecule has 0 heterocycles. The van der Waals surface area contributed by atoms with E-state index in [0.29, 0.717) is 6.42 Å². The van der Waals surface area contributed by atoms with Crippen LogP contribution in [0.25, 0.3) is 0 Å². The van der Waals surface area contributed by atoms with Gasteiger partial charge < -0.3 is 7.96 Å². The van der Waals surface area contributed by atoms with Crippen LogP contribution in [-0.4, -0.2) is 48.8 Å². The van der Waals surface area contributed by atoms with Gasteiger partial charge in [0, 0.05) is 6.42 Å². The maximum atomic E-state index is 9.87. The molecule has 1 N–H and O–H groups in total.